The van der Waals surface area contributed by atoms with Gasteiger partial charge in [0, 0.05) is 13.1 Å². The van der Waals surface area contributed by atoms with E-state index in [2.05, 4.69) is 0 Å². The van der Waals surface area contributed by atoms with Crippen molar-refractivity contribution in [1.82, 2.24) is 4.90 Å². The van der Waals surface area contributed by atoms with Crippen molar-refractivity contribution in [2.24, 2.45) is 0 Å². The summed E-state index contributed by atoms with van der Waals surface area (Å²) in [5, 5.41) is 0. The summed E-state index contributed by atoms with van der Waals surface area (Å²) in [5.41, 5.74) is 0. The molecule has 0 spiro atoms. The Hall–Kier alpha value is 0.340. The Bertz CT molecular complexity index is 198. The van der Waals surface area contributed by atoms with Gasteiger partial charge >= 0.3 is 40.0 Å². The number of carbonyl (C=O) groups is 1. The molecule has 0 unspecified atom stereocenters. The van der Waals surface area contributed by atoms with Crippen molar-refractivity contribution in [2.75, 3.05) is 13.1 Å². The van der Waals surface area contributed by atoms with E-state index in [9.17, 15) is 4.79 Å². The van der Waals surface area contributed by atoms with Crippen LogP contribution >= 0.6 is 0 Å². The van der Waals surface area contributed by atoms with Gasteiger partial charge in [0.15, 0.2) is 0 Å². The minimum Gasteiger partial charge on any atom is -1.00 e. The van der Waals surface area contributed by atoms with Gasteiger partial charge in [-0.2, -0.15) is 8.42 Å². The molecule has 0 saturated heterocycles. The maximum Gasteiger partial charge on any atom is 1.00 e. The third-order valence-electron chi connectivity index (χ3n) is 0.961. The van der Waals surface area contributed by atoms with Gasteiger partial charge in [-0.15, -0.1) is 0 Å². The largest absolute Gasteiger partial charge is 1.00 e. The molecule has 0 aliphatic rings. The third-order valence-corrected chi connectivity index (χ3v) is 0.961. The Balaban J connectivity index is -0.0000000651. The van der Waals surface area contributed by atoms with Crippen molar-refractivity contribution in [2.45, 2.75) is 13.8 Å². The topological polar surface area (TPSA) is 94.9 Å². The van der Waals surface area contributed by atoms with Crippen LogP contribution in [0.5, 0.6) is 0 Å². The molecule has 0 aromatic rings. The van der Waals surface area contributed by atoms with Crippen molar-refractivity contribution in [3.05, 3.63) is 0 Å². The Morgan fingerprint density at radius 1 is 1.31 bits per heavy atom. The first-order valence-electron chi connectivity index (χ1n) is 3.24. The van der Waals surface area contributed by atoms with Gasteiger partial charge in [0.1, 0.15) is 0 Å². The average Bonchev–Trinajstić information content (AvgIpc) is 1.88. The van der Waals surface area contributed by atoms with E-state index >= 15 is 0 Å². The van der Waals surface area contributed by atoms with Gasteiger partial charge in [0.2, 0.25) is 6.41 Å². The average molecular weight is 223 g/mol. The molecule has 13 heavy (non-hydrogen) atoms. The molecule has 0 rings (SSSR count). The molecule has 76 valence electrons. The van der Waals surface area contributed by atoms with Gasteiger partial charge < -0.3 is 6.33 Å². The van der Waals surface area contributed by atoms with Crippen LogP contribution in [0, 0.1) is 0 Å². The summed E-state index contributed by atoms with van der Waals surface area (Å²) in [6.07, 6.45) is 0.861. The number of rotatable bonds is 3. The molecule has 2 N–H and O–H groups in total. The van der Waals surface area contributed by atoms with Crippen LogP contribution in [0.2, 0.25) is 0 Å². The minimum absolute atomic E-state index is 0. The van der Waals surface area contributed by atoms with Gasteiger partial charge in [-0.25, -0.2) is 0 Å². The molecule has 0 aromatic carbocycles. The second-order valence-corrected chi connectivity index (χ2v) is 2.67. The van der Waals surface area contributed by atoms with Crippen molar-refractivity contribution in [3.8, 4) is 0 Å². The Labute approximate surface area is 102 Å². The maximum absolute atomic E-state index is 9.89. The molecule has 8 heteroatoms. The van der Waals surface area contributed by atoms with Crippen molar-refractivity contribution in [1.29, 1.82) is 0 Å². The molecule has 0 aliphatic heterocycles. The molecule has 0 saturated carbocycles. The summed E-state index contributed by atoms with van der Waals surface area (Å²) in [6.45, 7) is 5.55. The molecule has 0 heterocycles. The fourth-order valence-corrected chi connectivity index (χ4v) is 0.373. The molecule has 0 atom stereocenters. The summed E-state index contributed by atoms with van der Waals surface area (Å²) in [7, 11) is -4.67. The van der Waals surface area contributed by atoms with E-state index in [1.54, 1.807) is 4.90 Å². The van der Waals surface area contributed by atoms with E-state index in [0.717, 1.165) is 19.5 Å². The van der Waals surface area contributed by atoms with E-state index < -0.39 is 10.4 Å². The van der Waals surface area contributed by atoms with E-state index in [1.165, 1.54) is 0 Å². The standard InChI is InChI=1S/C5H11NO.Na.H2O4S.H/c1-3-6(4-2)5-7;;1-5(2,3)4;/h5H,3-4H2,1-2H3;;(H2,1,2,3,4);/q;+1;;-1. The predicted molar refractivity (Wildman–Crippen MR) is 44.3 cm³/mol. The summed E-state index contributed by atoms with van der Waals surface area (Å²) < 4.78 is 31.6. The zero-order valence-corrected chi connectivity index (χ0v) is 10.8. The second-order valence-electron chi connectivity index (χ2n) is 1.77. The molecule has 0 aliphatic carbocycles. The van der Waals surface area contributed by atoms with Crippen LogP contribution < -0.4 is 29.6 Å². The number of nitrogens with zero attached hydrogens (tertiary/aromatic N) is 1. The molecule has 0 radical (unpaired) electrons. The van der Waals surface area contributed by atoms with E-state index in [0.29, 0.717) is 0 Å². The summed E-state index contributed by atoms with van der Waals surface area (Å²) in [5.74, 6) is 0. The maximum atomic E-state index is 9.89. The van der Waals surface area contributed by atoms with Crippen LogP contribution in [0.1, 0.15) is 15.3 Å². The smallest absolute Gasteiger partial charge is 1.00 e. The van der Waals surface area contributed by atoms with Gasteiger partial charge in [-0.1, -0.05) is 0 Å². The Kier molecular flexibility index (Phi) is 15.2. The summed E-state index contributed by atoms with van der Waals surface area (Å²) >= 11 is 0. The van der Waals surface area contributed by atoms with E-state index in [-0.39, 0.29) is 31.0 Å². The zero-order valence-electron chi connectivity index (χ0n) is 8.97. The van der Waals surface area contributed by atoms with E-state index in [1.807, 2.05) is 13.8 Å². The fraction of sp³-hybridized carbons (Fsp3) is 0.800. The van der Waals surface area contributed by atoms with Crippen LogP contribution in [-0.4, -0.2) is 41.9 Å². The molecule has 1 amide bonds. The Morgan fingerprint density at radius 2 is 1.54 bits per heavy atom. The van der Waals surface area contributed by atoms with Crippen LogP contribution in [-0.2, 0) is 15.2 Å². The Morgan fingerprint density at radius 3 is 1.54 bits per heavy atom. The van der Waals surface area contributed by atoms with Gasteiger partial charge in [-0.05, 0) is 13.8 Å². The van der Waals surface area contributed by atoms with Crippen LogP contribution in [0.15, 0.2) is 0 Å². The van der Waals surface area contributed by atoms with Gasteiger partial charge in [-0.3, -0.25) is 13.9 Å². The number of hydrogen-bond donors (Lipinski definition) is 2. The quantitative estimate of drug-likeness (QED) is 0.301. The first kappa shape index (κ1) is 19.0. The normalized spacial score (nSPS) is 8.92. The van der Waals surface area contributed by atoms with Crippen LogP contribution in [0.4, 0.5) is 0 Å². The molecular formula is C5H14NNaO5S. The van der Waals surface area contributed by atoms with Crippen molar-refractivity contribution in [3.63, 3.8) is 0 Å². The molecular weight excluding hydrogens is 209 g/mol. The van der Waals surface area contributed by atoms with Crippen molar-refractivity contribution < 1.29 is 53.3 Å². The predicted octanol–water partition coefficient (Wildman–Crippen LogP) is -3.05. The minimum atomic E-state index is -4.67. The number of carbonyl (C=O) groups excluding carboxylic acids is 1. The molecule has 0 aromatic heterocycles. The van der Waals surface area contributed by atoms with Crippen molar-refractivity contribution >= 4 is 16.8 Å². The SMILES string of the molecule is CCN(C=O)CC.O=S(=O)(O)O.[H-].[Na+]. The van der Waals surface area contributed by atoms with Gasteiger partial charge in [0.05, 0.1) is 0 Å². The van der Waals surface area contributed by atoms with Crippen LogP contribution in [0.25, 0.3) is 0 Å². The summed E-state index contributed by atoms with van der Waals surface area (Å²) in [4.78, 5) is 11.6. The second kappa shape index (κ2) is 10.4. The fourth-order valence-electron chi connectivity index (χ4n) is 0.373. The molecule has 6 nitrogen and oxygen atoms in total. The van der Waals surface area contributed by atoms with E-state index in [4.69, 9.17) is 17.5 Å². The molecule has 0 fully saturated rings. The summed E-state index contributed by atoms with van der Waals surface area (Å²) in [6, 6.07) is 0. The molecule has 0 bridgehead atoms. The monoisotopic (exact) mass is 223 g/mol. The number of amides is 1. The van der Waals surface area contributed by atoms with Gasteiger partial charge in [0.25, 0.3) is 0 Å². The third kappa shape index (κ3) is 32.8. The number of hydrogen-bond acceptors (Lipinski definition) is 3. The zero-order chi connectivity index (χ0) is 10.2. The first-order valence-corrected chi connectivity index (χ1v) is 4.64. The van der Waals surface area contributed by atoms with Crippen LogP contribution in [0.3, 0.4) is 0 Å². The first-order chi connectivity index (χ1) is 5.35.